The second kappa shape index (κ2) is 10.5. The Bertz CT molecular complexity index is 1010. The molecule has 3 rings (SSSR count). The molecule has 0 radical (unpaired) electrons. The number of nitrogens with zero attached hydrogens (tertiary/aromatic N) is 2. The molecule has 5 nitrogen and oxygen atoms in total. The lowest BCUT2D eigenvalue weighted by atomic mass is 10.2. The number of nitrogens with one attached hydrogen (secondary N) is 1. The first-order valence-corrected chi connectivity index (χ1v) is 10.3. The van der Waals surface area contributed by atoms with Crippen molar-refractivity contribution in [2.24, 2.45) is 0 Å². The summed E-state index contributed by atoms with van der Waals surface area (Å²) in [5, 5.41) is 8.15. The number of ether oxygens (including phenoxy) is 1. The predicted octanol–water partition coefficient (Wildman–Crippen LogP) is 5.27. The van der Waals surface area contributed by atoms with Crippen molar-refractivity contribution < 1.29 is 13.9 Å². The fraction of sp³-hybridized carbons (Fsp3) is 0.273. The van der Waals surface area contributed by atoms with Gasteiger partial charge in [0, 0.05) is 11.6 Å². The van der Waals surface area contributed by atoms with Crippen molar-refractivity contribution >= 4 is 29.1 Å². The van der Waals surface area contributed by atoms with Crippen LogP contribution < -0.4 is 10.1 Å². The van der Waals surface area contributed by atoms with Crippen LogP contribution in [0, 0.1) is 12.7 Å². The normalized spacial score (nSPS) is 10.8. The molecule has 158 valence electrons. The van der Waals surface area contributed by atoms with Gasteiger partial charge >= 0.3 is 0 Å². The van der Waals surface area contributed by atoms with Crippen LogP contribution in [0.2, 0.25) is 10.2 Å². The zero-order valence-corrected chi connectivity index (χ0v) is 18.0. The Hall–Kier alpha value is -2.57. The molecule has 0 atom stereocenters. The van der Waals surface area contributed by atoms with E-state index in [9.17, 15) is 9.18 Å². The van der Waals surface area contributed by atoms with E-state index >= 15 is 0 Å². The summed E-state index contributed by atoms with van der Waals surface area (Å²) in [6.07, 6.45) is 1.48. The van der Waals surface area contributed by atoms with Crippen molar-refractivity contribution in [2.75, 3.05) is 13.2 Å². The van der Waals surface area contributed by atoms with Crippen molar-refractivity contribution in [3.8, 4) is 5.75 Å². The highest BCUT2D eigenvalue weighted by Gasteiger charge is 2.20. The van der Waals surface area contributed by atoms with Crippen molar-refractivity contribution in [1.29, 1.82) is 0 Å². The summed E-state index contributed by atoms with van der Waals surface area (Å²) >= 11 is 12.6. The van der Waals surface area contributed by atoms with E-state index in [1.54, 1.807) is 29.8 Å². The fourth-order valence-electron chi connectivity index (χ4n) is 2.94. The van der Waals surface area contributed by atoms with Gasteiger partial charge in [-0.1, -0.05) is 41.4 Å². The number of aryl methyl sites for hydroxylation is 1. The summed E-state index contributed by atoms with van der Waals surface area (Å²) in [4.78, 5) is 12.6. The lowest BCUT2D eigenvalue weighted by Crippen LogP contribution is -2.25. The van der Waals surface area contributed by atoms with E-state index in [-0.39, 0.29) is 16.9 Å². The molecule has 0 bridgehead atoms. The first kappa shape index (κ1) is 22.1. The molecule has 0 fully saturated rings. The second-order valence-corrected chi connectivity index (χ2v) is 7.53. The van der Waals surface area contributed by atoms with Crippen molar-refractivity contribution in [1.82, 2.24) is 15.1 Å². The average molecular weight is 450 g/mol. The van der Waals surface area contributed by atoms with Crippen LogP contribution >= 0.6 is 23.2 Å². The minimum Gasteiger partial charge on any atom is -0.494 e. The van der Waals surface area contributed by atoms with E-state index in [1.807, 2.05) is 18.2 Å². The molecule has 0 aliphatic rings. The van der Waals surface area contributed by atoms with Crippen LogP contribution in [0.5, 0.6) is 5.75 Å². The van der Waals surface area contributed by atoms with Crippen LogP contribution in [0.1, 0.15) is 34.5 Å². The predicted molar refractivity (Wildman–Crippen MR) is 116 cm³/mol. The van der Waals surface area contributed by atoms with Gasteiger partial charge < -0.3 is 10.1 Å². The molecule has 0 spiro atoms. The van der Waals surface area contributed by atoms with Gasteiger partial charge in [-0.2, -0.15) is 5.10 Å². The highest BCUT2D eigenvalue weighted by molar-refractivity contribution is 6.33. The van der Waals surface area contributed by atoms with Gasteiger partial charge in [-0.25, -0.2) is 9.07 Å². The summed E-state index contributed by atoms with van der Waals surface area (Å²) in [5.41, 5.74) is 1.80. The van der Waals surface area contributed by atoms with E-state index in [0.717, 1.165) is 18.4 Å². The second-order valence-electron chi connectivity index (χ2n) is 6.77. The quantitative estimate of drug-likeness (QED) is 0.452. The number of rotatable bonds is 9. The molecule has 0 unspecified atom stereocenters. The zero-order valence-electron chi connectivity index (χ0n) is 16.5. The van der Waals surface area contributed by atoms with E-state index in [4.69, 9.17) is 27.9 Å². The largest absolute Gasteiger partial charge is 0.494 e. The molecule has 8 heteroatoms. The van der Waals surface area contributed by atoms with Gasteiger partial charge in [-0.3, -0.25) is 4.79 Å². The third-order valence-corrected chi connectivity index (χ3v) is 5.26. The van der Waals surface area contributed by atoms with Gasteiger partial charge in [0.25, 0.3) is 5.91 Å². The highest BCUT2D eigenvalue weighted by Crippen LogP contribution is 2.23. The van der Waals surface area contributed by atoms with Gasteiger partial charge in [0.1, 0.15) is 16.7 Å². The number of unbranched alkanes of at least 4 members (excludes halogenated alkanes) is 1. The molecule has 3 aromatic rings. The monoisotopic (exact) mass is 449 g/mol. The molecule has 0 aliphatic heterocycles. The maximum absolute atomic E-state index is 12.9. The maximum atomic E-state index is 12.9. The molecule has 0 saturated carbocycles. The highest BCUT2D eigenvalue weighted by atomic mass is 35.5. The first-order valence-electron chi connectivity index (χ1n) is 9.58. The molecule has 30 heavy (non-hydrogen) atoms. The van der Waals surface area contributed by atoms with E-state index in [1.165, 1.54) is 12.1 Å². The summed E-state index contributed by atoms with van der Waals surface area (Å²) in [5.74, 6) is 0.0605. The van der Waals surface area contributed by atoms with Crippen LogP contribution in [-0.2, 0) is 6.54 Å². The Kier molecular flexibility index (Phi) is 7.71. The van der Waals surface area contributed by atoms with E-state index < -0.39 is 0 Å². The number of halogens is 3. The van der Waals surface area contributed by atoms with Gasteiger partial charge in [-0.15, -0.1) is 0 Å². The summed E-state index contributed by atoms with van der Waals surface area (Å²) < 4.78 is 20.0. The molecule has 1 aromatic heterocycles. The minimum atomic E-state index is -0.297. The number of amides is 1. The number of carbonyl (C=O) groups excluding carboxylic acids is 1. The fourth-order valence-corrected chi connectivity index (χ4v) is 3.46. The Balaban J connectivity index is 1.47. The SMILES string of the molecule is Cc1nn(Cc2ccccc2Cl)c(Cl)c1C(=O)NCCCCOc1ccc(F)cc1. The van der Waals surface area contributed by atoms with E-state index in [2.05, 4.69) is 10.4 Å². The maximum Gasteiger partial charge on any atom is 0.256 e. The summed E-state index contributed by atoms with van der Waals surface area (Å²) in [6.45, 7) is 3.10. The van der Waals surface area contributed by atoms with Crippen LogP contribution in [0.3, 0.4) is 0 Å². The number of aromatic nitrogens is 2. The van der Waals surface area contributed by atoms with Gasteiger partial charge in [-0.05, 0) is 55.7 Å². The van der Waals surface area contributed by atoms with Gasteiger partial charge in [0.2, 0.25) is 0 Å². The molecule has 1 amide bonds. The number of hydrogen-bond donors (Lipinski definition) is 1. The Morgan fingerprint density at radius 3 is 2.60 bits per heavy atom. The molecular formula is C22H22Cl2FN3O2. The van der Waals surface area contributed by atoms with Crippen molar-refractivity contribution in [2.45, 2.75) is 26.3 Å². The van der Waals surface area contributed by atoms with Gasteiger partial charge in [0.15, 0.2) is 0 Å². The van der Waals surface area contributed by atoms with Crippen LogP contribution in [0.15, 0.2) is 48.5 Å². The topological polar surface area (TPSA) is 56.2 Å². The van der Waals surface area contributed by atoms with Crippen molar-refractivity contribution in [3.05, 3.63) is 81.3 Å². The minimum absolute atomic E-state index is 0.262. The molecule has 0 aliphatic carbocycles. The number of carbonyl (C=O) groups is 1. The summed E-state index contributed by atoms with van der Waals surface area (Å²) in [7, 11) is 0. The molecule has 1 N–H and O–H groups in total. The Morgan fingerprint density at radius 2 is 1.87 bits per heavy atom. The molecular weight excluding hydrogens is 428 g/mol. The first-order chi connectivity index (χ1) is 14.5. The standard InChI is InChI=1S/C22H22Cl2FN3O2/c1-15-20(21(24)28(27-15)14-16-6-2-3-7-19(16)23)22(29)26-12-4-5-13-30-18-10-8-17(25)9-11-18/h2-3,6-11H,4-5,12-14H2,1H3,(H,26,29). The molecule has 1 heterocycles. The number of hydrogen-bond acceptors (Lipinski definition) is 3. The molecule has 0 saturated heterocycles. The summed E-state index contributed by atoms with van der Waals surface area (Å²) in [6, 6.07) is 13.3. The zero-order chi connectivity index (χ0) is 21.5. The average Bonchev–Trinajstić information content (AvgIpc) is 3.00. The Labute approximate surface area is 184 Å². The Morgan fingerprint density at radius 1 is 1.13 bits per heavy atom. The molecule has 2 aromatic carbocycles. The lowest BCUT2D eigenvalue weighted by Gasteiger charge is -2.08. The van der Waals surface area contributed by atoms with Crippen LogP contribution in [0.25, 0.3) is 0 Å². The third-order valence-electron chi connectivity index (χ3n) is 4.51. The smallest absolute Gasteiger partial charge is 0.256 e. The van der Waals surface area contributed by atoms with E-state index in [0.29, 0.717) is 41.7 Å². The number of benzene rings is 2. The third kappa shape index (κ3) is 5.74. The van der Waals surface area contributed by atoms with Gasteiger partial charge in [0.05, 0.1) is 24.4 Å². The lowest BCUT2D eigenvalue weighted by molar-refractivity contribution is 0.0952. The van der Waals surface area contributed by atoms with Crippen LogP contribution in [0.4, 0.5) is 4.39 Å². The van der Waals surface area contributed by atoms with Crippen LogP contribution in [-0.4, -0.2) is 28.8 Å². The van der Waals surface area contributed by atoms with Crippen molar-refractivity contribution in [3.63, 3.8) is 0 Å².